The number of hydrogen-bond donors (Lipinski definition) is 1. The van der Waals surface area contributed by atoms with E-state index in [9.17, 15) is 9.59 Å². The van der Waals surface area contributed by atoms with Gasteiger partial charge in [-0.3, -0.25) is 9.59 Å². The number of rotatable bonds is 10. The summed E-state index contributed by atoms with van der Waals surface area (Å²) in [7, 11) is 0. The highest BCUT2D eigenvalue weighted by Gasteiger charge is 2.32. The molecule has 0 aliphatic carbocycles. The molecule has 36 heavy (non-hydrogen) atoms. The van der Waals surface area contributed by atoms with Crippen molar-refractivity contribution in [2.75, 3.05) is 5.75 Å². The summed E-state index contributed by atoms with van der Waals surface area (Å²) in [6.45, 7) is 10.4. The van der Waals surface area contributed by atoms with Crippen LogP contribution < -0.4 is 5.32 Å². The maximum Gasteiger partial charge on any atom is 0.243 e. The molecule has 0 radical (unpaired) electrons. The van der Waals surface area contributed by atoms with Crippen molar-refractivity contribution in [3.8, 4) is 0 Å². The van der Waals surface area contributed by atoms with Crippen molar-refractivity contribution in [1.82, 2.24) is 10.2 Å². The molecule has 0 aromatic heterocycles. The van der Waals surface area contributed by atoms with E-state index in [1.165, 1.54) is 11.1 Å². The van der Waals surface area contributed by atoms with Gasteiger partial charge in [-0.05, 0) is 56.9 Å². The minimum atomic E-state index is -0.613. The molecule has 190 valence electrons. The topological polar surface area (TPSA) is 49.4 Å². The Morgan fingerprint density at radius 2 is 1.56 bits per heavy atom. The Balaban J connectivity index is 1.88. The molecule has 3 rings (SSSR count). The summed E-state index contributed by atoms with van der Waals surface area (Å²) in [6.07, 6.45) is 0.461. The average molecular weight is 503 g/mol. The van der Waals surface area contributed by atoms with Crippen molar-refractivity contribution in [1.29, 1.82) is 0 Å². The minimum Gasteiger partial charge on any atom is -0.350 e. The monoisotopic (exact) mass is 502 g/mol. The van der Waals surface area contributed by atoms with Gasteiger partial charge < -0.3 is 10.2 Å². The van der Waals surface area contributed by atoms with Crippen LogP contribution in [0.3, 0.4) is 0 Å². The van der Waals surface area contributed by atoms with Crippen molar-refractivity contribution < 1.29 is 9.59 Å². The highest BCUT2D eigenvalue weighted by atomic mass is 32.2. The van der Waals surface area contributed by atoms with E-state index in [-0.39, 0.29) is 11.8 Å². The molecule has 3 aromatic carbocycles. The Morgan fingerprint density at radius 1 is 0.889 bits per heavy atom. The number of hydrogen-bond acceptors (Lipinski definition) is 3. The van der Waals surface area contributed by atoms with Crippen molar-refractivity contribution >= 4 is 23.6 Å². The van der Waals surface area contributed by atoms with Gasteiger partial charge >= 0.3 is 0 Å². The van der Waals surface area contributed by atoms with E-state index in [0.29, 0.717) is 18.7 Å². The zero-order valence-corrected chi connectivity index (χ0v) is 22.9. The fourth-order valence-electron chi connectivity index (χ4n) is 4.12. The molecule has 2 amide bonds. The van der Waals surface area contributed by atoms with Gasteiger partial charge in [0, 0.05) is 24.3 Å². The Bertz CT molecular complexity index is 1150. The number of amides is 2. The third-order valence-electron chi connectivity index (χ3n) is 5.95. The van der Waals surface area contributed by atoms with Gasteiger partial charge in [0.25, 0.3) is 0 Å². The Hall–Kier alpha value is -3.05. The second-order valence-electron chi connectivity index (χ2n) is 10.4. The Kier molecular flexibility index (Phi) is 9.77. The van der Waals surface area contributed by atoms with Crippen LogP contribution >= 0.6 is 11.8 Å². The van der Waals surface area contributed by atoms with Crippen LogP contribution in [0.1, 0.15) is 48.6 Å². The van der Waals surface area contributed by atoms with Crippen LogP contribution in [0, 0.1) is 13.8 Å². The lowest BCUT2D eigenvalue weighted by atomic mass is 10.00. The van der Waals surface area contributed by atoms with E-state index >= 15 is 0 Å². The highest BCUT2D eigenvalue weighted by Crippen LogP contribution is 2.20. The zero-order valence-electron chi connectivity index (χ0n) is 22.1. The van der Waals surface area contributed by atoms with Crippen LogP contribution in [0.4, 0.5) is 0 Å². The molecular formula is C31H38N2O2S. The van der Waals surface area contributed by atoms with Crippen LogP contribution in [-0.2, 0) is 28.3 Å². The van der Waals surface area contributed by atoms with E-state index in [1.807, 2.05) is 88.4 Å². The van der Waals surface area contributed by atoms with Gasteiger partial charge in [-0.1, -0.05) is 84.4 Å². The molecule has 5 heteroatoms. The summed E-state index contributed by atoms with van der Waals surface area (Å²) in [6, 6.07) is 25.7. The molecule has 3 aromatic rings. The molecule has 0 spiro atoms. The lowest BCUT2D eigenvalue weighted by molar-refractivity contribution is -0.140. The van der Waals surface area contributed by atoms with Crippen LogP contribution in [-0.4, -0.2) is 34.0 Å². The predicted molar refractivity (Wildman–Crippen MR) is 151 cm³/mol. The van der Waals surface area contributed by atoms with Gasteiger partial charge in [0.2, 0.25) is 11.8 Å². The van der Waals surface area contributed by atoms with Crippen molar-refractivity contribution in [2.24, 2.45) is 0 Å². The maximum atomic E-state index is 13.7. The Labute approximate surface area is 220 Å². The SMILES string of the molecule is Cc1cccc(CSCC(=O)N(Cc2ccccc2C)[C@@H](Cc2ccccc2)C(=O)NC(C)(C)C)c1. The summed E-state index contributed by atoms with van der Waals surface area (Å²) in [4.78, 5) is 29.1. The van der Waals surface area contributed by atoms with Crippen molar-refractivity contribution in [2.45, 2.75) is 64.9 Å². The third-order valence-corrected chi connectivity index (χ3v) is 6.94. The van der Waals surface area contributed by atoms with Gasteiger partial charge in [-0.15, -0.1) is 11.8 Å². The van der Waals surface area contributed by atoms with Crippen LogP contribution in [0.25, 0.3) is 0 Å². The van der Waals surface area contributed by atoms with Crippen LogP contribution in [0.15, 0.2) is 78.9 Å². The standard InChI is InChI=1S/C31H38N2O2S/c1-23-12-11-16-26(18-23)21-36-22-29(34)33(20-27-17-10-9-13-24(27)2)28(30(35)32-31(3,4)5)19-25-14-7-6-8-15-25/h6-18,28H,19-22H2,1-5H3,(H,32,35)/t28-/m0/s1. The number of nitrogens with one attached hydrogen (secondary N) is 1. The summed E-state index contributed by atoms with van der Waals surface area (Å²) in [5.74, 6) is 0.912. The third kappa shape index (κ3) is 8.56. The maximum absolute atomic E-state index is 13.7. The van der Waals surface area contributed by atoms with Gasteiger partial charge in [0.1, 0.15) is 6.04 Å². The highest BCUT2D eigenvalue weighted by molar-refractivity contribution is 7.99. The van der Waals surface area contributed by atoms with Gasteiger partial charge in [0.05, 0.1) is 5.75 Å². The van der Waals surface area contributed by atoms with Gasteiger partial charge in [0.15, 0.2) is 0 Å². The fourth-order valence-corrected chi connectivity index (χ4v) is 4.98. The molecular weight excluding hydrogens is 464 g/mol. The van der Waals surface area contributed by atoms with E-state index in [1.54, 1.807) is 16.7 Å². The van der Waals surface area contributed by atoms with Gasteiger partial charge in [-0.25, -0.2) is 0 Å². The first-order chi connectivity index (χ1) is 17.1. The first-order valence-electron chi connectivity index (χ1n) is 12.5. The number of nitrogens with zero attached hydrogens (tertiary/aromatic N) is 1. The molecule has 1 N–H and O–H groups in total. The predicted octanol–water partition coefficient (Wildman–Crippen LogP) is 6.09. The molecule has 0 aliphatic rings. The molecule has 0 bridgehead atoms. The van der Waals surface area contributed by atoms with Crippen molar-refractivity contribution in [3.63, 3.8) is 0 Å². The first kappa shape index (κ1) is 27.5. The summed E-state index contributed by atoms with van der Waals surface area (Å²) in [5, 5.41) is 3.12. The molecule has 0 aliphatic heterocycles. The minimum absolute atomic E-state index is 0.0269. The second-order valence-corrected chi connectivity index (χ2v) is 11.4. The number of carbonyl (C=O) groups excluding carboxylic acids is 2. The molecule has 1 atom stereocenters. The van der Waals surface area contributed by atoms with Gasteiger partial charge in [-0.2, -0.15) is 0 Å². The largest absolute Gasteiger partial charge is 0.350 e. The number of thioether (sulfide) groups is 1. The second kappa shape index (κ2) is 12.8. The molecule has 0 saturated carbocycles. The fraction of sp³-hybridized carbons (Fsp3) is 0.355. The molecule has 0 fully saturated rings. The smallest absolute Gasteiger partial charge is 0.243 e. The van der Waals surface area contributed by atoms with E-state index < -0.39 is 11.6 Å². The first-order valence-corrected chi connectivity index (χ1v) is 13.6. The molecule has 0 saturated heterocycles. The molecule has 0 unspecified atom stereocenters. The lowest BCUT2D eigenvalue weighted by Gasteiger charge is -2.34. The van der Waals surface area contributed by atoms with E-state index in [4.69, 9.17) is 0 Å². The van der Waals surface area contributed by atoms with E-state index in [0.717, 1.165) is 22.4 Å². The Morgan fingerprint density at radius 3 is 2.22 bits per heavy atom. The summed E-state index contributed by atoms with van der Waals surface area (Å²) in [5.41, 5.74) is 5.20. The van der Waals surface area contributed by atoms with E-state index in [2.05, 4.69) is 30.4 Å². The average Bonchev–Trinajstić information content (AvgIpc) is 2.82. The zero-order chi connectivity index (χ0) is 26.1. The molecule has 0 heterocycles. The number of aryl methyl sites for hydroxylation is 2. The van der Waals surface area contributed by atoms with Crippen LogP contribution in [0.2, 0.25) is 0 Å². The lowest BCUT2D eigenvalue weighted by Crippen LogP contribution is -2.54. The summed E-state index contributed by atoms with van der Waals surface area (Å²) < 4.78 is 0. The number of benzene rings is 3. The normalized spacial score (nSPS) is 12.1. The van der Waals surface area contributed by atoms with Crippen molar-refractivity contribution in [3.05, 3.63) is 107 Å². The quantitative estimate of drug-likeness (QED) is 0.365. The molecule has 4 nitrogen and oxygen atoms in total. The number of carbonyl (C=O) groups is 2. The summed E-state index contributed by atoms with van der Waals surface area (Å²) >= 11 is 1.59. The van der Waals surface area contributed by atoms with Crippen LogP contribution in [0.5, 0.6) is 0 Å².